The molecule has 7 heteroatoms. The molecular weight excluding hydrogens is 373 g/mol. The highest BCUT2D eigenvalue weighted by molar-refractivity contribution is 5.86. The first-order valence-corrected chi connectivity index (χ1v) is 9.63. The Kier molecular flexibility index (Phi) is 8.45. The largest absolute Gasteiger partial charge is 0.496 e. The quantitative estimate of drug-likeness (QED) is 0.602. The lowest BCUT2D eigenvalue weighted by Gasteiger charge is -2.18. The summed E-state index contributed by atoms with van der Waals surface area (Å²) in [6, 6.07) is 10.5. The van der Waals surface area contributed by atoms with Crippen LogP contribution in [-0.2, 0) is 17.9 Å². The van der Waals surface area contributed by atoms with Crippen LogP contribution in [0, 0.1) is 12.7 Å². The summed E-state index contributed by atoms with van der Waals surface area (Å²) < 4.78 is 18.2. The molecule has 2 aromatic rings. The fraction of sp³-hybridized carbons (Fsp3) is 0.364. The summed E-state index contributed by atoms with van der Waals surface area (Å²) in [5.41, 5.74) is 2.70. The molecule has 0 bridgehead atoms. The number of hydrogen-bond donors (Lipinski definition) is 3. The fourth-order valence-corrected chi connectivity index (χ4v) is 2.84. The zero-order valence-corrected chi connectivity index (χ0v) is 17.0. The lowest BCUT2D eigenvalue weighted by molar-refractivity contribution is -0.123. The predicted octanol–water partition coefficient (Wildman–Crippen LogP) is 3.43. The van der Waals surface area contributed by atoms with E-state index in [1.165, 1.54) is 12.1 Å². The molecule has 0 aromatic heterocycles. The molecule has 0 aliphatic carbocycles. The van der Waals surface area contributed by atoms with E-state index in [1.807, 2.05) is 32.0 Å². The van der Waals surface area contributed by atoms with Crippen LogP contribution in [0.2, 0.25) is 0 Å². The molecule has 3 amide bonds. The Morgan fingerprint density at radius 2 is 1.69 bits per heavy atom. The van der Waals surface area contributed by atoms with Gasteiger partial charge in [-0.05, 0) is 48.2 Å². The van der Waals surface area contributed by atoms with Crippen molar-refractivity contribution in [3.63, 3.8) is 0 Å². The zero-order chi connectivity index (χ0) is 21.2. The first-order chi connectivity index (χ1) is 13.9. The van der Waals surface area contributed by atoms with Crippen LogP contribution in [0.4, 0.5) is 9.18 Å². The van der Waals surface area contributed by atoms with Crippen LogP contribution in [0.15, 0.2) is 42.5 Å². The van der Waals surface area contributed by atoms with Crippen molar-refractivity contribution in [1.29, 1.82) is 0 Å². The van der Waals surface area contributed by atoms with Gasteiger partial charge >= 0.3 is 6.03 Å². The number of hydrogen-bond acceptors (Lipinski definition) is 3. The number of rotatable bonds is 9. The summed E-state index contributed by atoms with van der Waals surface area (Å²) in [4.78, 5) is 24.7. The molecule has 29 heavy (non-hydrogen) atoms. The Bertz CT molecular complexity index is 825. The molecule has 0 aliphatic rings. The Labute approximate surface area is 170 Å². The lowest BCUT2D eigenvalue weighted by atomic mass is 10.1. The van der Waals surface area contributed by atoms with Gasteiger partial charge < -0.3 is 20.7 Å². The molecule has 6 nitrogen and oxygen atoms in total. The number of methoxy groups -OCH3 is 1. The van der Waals surface area contributed by atoms with E-state index in [0.717, 1.165) is 28.9 Å². The van der Waals surface area contributed by atoms with Crippen LogP contribution < -0.4 is 20.7 Å². The maximum Gasteiger partial charge on any atom is 0.315 e. The van der Waals surface area contributed by atoms with Gasteiger partial charge in [-0.2, -0.15) is 0 Å². The van der Waals surface area contributed by atoms with Gasteiger partial charge in [0.2, 0.25) is 5.91 Å². The van der Waals surface area contributed by atoms with E-state index in [9.17, 15) is 14.0 Å². The van der Waals surface area contributed by atoms with Gasteiger partial charge in [-0.1, -0.05) is 37.6 Å². The van der Waals surface area contributed by atoms with Crippen LogP contribution >= 0.6 is 0 Å². The smallest absolute Gasteiger partial charge is 0.315 e. The van der Waals surface area contributed by atoms with Crippen molar-refractivity contribution in [1.82, 2.24) is 16.0 Å². The zero-order valence-electron chi connectivity index (χ0n) is 17.0. The number of benzene rings is 2. The monoisotopic (exact) mass is 401 g/mol. The number of carbonyl (C=O) groups excluding carboxylic acids is 2. The van der Waals surface area contributed by atoms with Crippen LogP contribution in [0.1, 0.15) is 36.5 Å². The van der Waals surface area contributed by atoms with E-state index >= 15 is 0 Å². The van der Waals surface area contributed by atoms with Crippen molar-refractivity contribution in [2.24, 2.45) is 0 Å². The van der Waals surface area contributed by atoms with Gasteiger partial charge in [-0.25, -0.2) is 9.18 Å². The summed E-state index contributed by atoms with van der Waals surface area (Å²) in [6.45, 7) is 4.49. The Hall–Kier alpha value is -3.09. The Morgan fingerprint density at radius 3 is 2.34 bits per heavy atom. The van der Waals surface area contributed by atoms with Crippen molar-refractivity contribution in [2.75, 3.05) is 7.11 Å². The van der Waals surface area contributed by atoms with Crippen molar-refractivity contribution in [2.45, 2.75) is 45.8 Å². The highest BCUT2D eigenvalue weighted by atomic mass is 19.1. The molecule has 2 rings (SSSR count). The van der Waals surface area contributed by atoms with E-state index in [2.05, 4.69) is 16.0 Å². The van der Waals surface area contributed by atoms with Crippen molar-refractivity contribution >= 4 is 11.9 Å². The van der Waals surface area contributed by atoms with E-state index in [0.29, 0.717) is 13.0 Å². The second kappa shape index (κ2) is 11.0. The summed E-state index contributed by atoms with van der Waals surface area (Å²) >= 11 is 0. The van der Waals surface area contributed by atoms with Crippen LogP contribution in [0.3, 0.4) is 0 Å². The second-order valence-corrected chi connectivity index (χ2v) is 6.82. The number of ether oxygens (including phenoxy) is 1. The Morgan fingerprint density at radius 1 is 1.03 bits per heavy atom. The topological polar surface area (TPSA) is 79.5 Å². The molecule has 0 saturated carbocycles. The molecule has 0 heterocycles. The minimum atomic E-state index is -0.638. The highest BCUT2D eigenvalue weighted by Gasteiger charge is 2.19. The standard InChI is InChI=1S/C22H28FN3O3/c1-4-5-19(26-22(28)25-13-16-8-10-18(23)11-9-16)21(27)24-14-17-7-6-15(2)20(12-17)29-3/h6-12,19H,4-5,13-14H2,1-3H3,(H,24,27)(H2,25,26,28). The van der Waals surface area contributed by atoms with Gasteiger partial charge in [-0.3, -0.25) is 4.79 Å². The minimum Gasteiger partial charge on any atom is -0.496 e. The summed E-state index contributed by atoms with van der Waals surface area (Å²) in [7, 11) is 1.61. The van der Waals surface area contributed by atoms with Crippen LogP contribution in [-0.4, -0.2) is 25.1 Å². The molecule has 0 spiro atoms. The Balaban J connectivity index is 1.87. The molecule has 3 N–H and O–H groups in total. The van der Waals surface area contributed by atoms with Crippen LogP contribution in [0.5, 0.6) is 5.75 Å². The lowest BCUT2D eigenvalue weighted by Crippen LogP contribution is -2.49. The highest BCUT2D eigenvalue weighted by Crippen LogP contribution is 2.18. The van der Waals surface area contributed by atoms with Gasteiger partial charge in [0.25, 0.3) is 0 Å². The minimum absolute atomic E-state index is 0.246. The van der Waals surface area contributed by atoms with Gasteiger partial charge in [-0.15, -0.1) is 0 Å². The van der Waals surface area contributed by atoms with Crippen molar-refractivity contribution in [3.05, 3.63) is 65.0 Å². The molecule has 0 saturated heterocycles. The molecular formula is C22H28FN3O3. The van der Waals surface area contributed by atoms with Gasteiger partial charge in [0, 0.05) is 13.1 Å². The maximum atomic E-state index is 12.9. The average Bonchev–Trinajstić information content (AvgIpc) is 2.72. The van der Waals surface area contributed by atoms with Crippen LogP contribution in [0.25, 0.3) is 0 Å². The molecule has 1 atom stereocenters. The number of amides is 3. The van der Waals surface area contributed by atoms with Gasteiger partial charge in [0.1, 0.15) is 17.6 Å². The molecule has 0 aliphatic heterocycles. The third-order valence-electron chi connectivity index (χ3n) is 4.50. The maximum absolute atomic E-state index is 12.9. The number of aryl methyl sites for hydroxylation is 1. The van der Waals surface area contributed by atoms with Gasteiger partial charge in [0.05, 0.1) is 7.11 Å². The van der Waals surface area contributed by atoms with E-state index in [-0.39, 0.29) is 18.3 Å². The SMILES string of the molecule is CCCC(NC(=O)NCc1ccc(F)cc1)C(=O)NCc1ccc(C)c(OC)c1. The van der Waals surface area contributed by atoms with E-state index in [1.54, 1.807) is 19.2 Å². The van der Waals surface area contributed by atoms with Gasteiger partial charge in [0.15, 0.2) is 0 Å². The first-order valence-electron chi connectivity index (χ1n) is 9.63. The van der Waals surface area contributed by atoms with Crippen molar-refractivity contribution < 1.29 is 18.7 Å². The van der Waals surface area contributed by atoms with E-state index in [4.69, 9.17) is 4.74 Å². The number of carbonyl (C=O) groups is 2. The first kappa shape index (κ1) is 22.2. The van der Waals surface area contributed by atoms with E-state index < -0.39 is 12.1 Å². The fourth-order valence-electron chi connectivity index (χ4n) is 2.84. The van der Waals surface area contributed by atoms with Crippen molar-refractivity contribution in [3.8, 4) is 5.75 Å². The molecule has 0 fully saturated rings. The third kappa shape index (κ3) is 7.10. The number of urea groups is 1. The molecule has 1 unspecified atom stereocenters. The number of nitrogens with one attached hydrogen (secondary N) is 3. The third-order valence-corrected chi connectivity index (χ3v) is 4.50. The normalized spacial score (nSPS) is 11.4. The predicted molar refractivity (Wildman–Crippen MR) is 110 cm³/mol. The summed E-state index contributed by atoms with van der Waals surface area (Å²) in [6.07, 6.45) is 1.27. The summed E-state index contributed by atoms with van der Waals surface area (Å²) in [5.74, 6) is 0.188. The molecule has 0 radical (unpaired) electrons. The second-order valence-electron chi connectivity index (χ2n) is 6.82. The average molecular weight is 401 g/mol. The molecule has 156 valence electrons. The number of halogens is 1. The summed E-state index contributed by atoms with van der Waals surface area (Å²) in [5, 5.41) is 8.26. The molecule has 2 aromatic carbocycles.